The molecule has 3 heterocycles. The second kappa shape index (κ2) is 7.17. The number of amides is 2. The zero-order chi connectivity index (χ0) is 19.0. The Morgan fingerprint density at radius 2 is 2.26 bits per heavy atom. The van der Waals surface area contributed by atoms with Gasteiger partial charge in [-0.05, 0) is 18.1 Å². The van der Waals surface area contributed by atoms with Gasteiger partial charge in [-0.15, -0.1) is 11.3 Å². The van der Waals surface area contributed by atoms with E-state index in [-0.39, 0.29) is 18.1 Å². The molecule has 1 saturated heterocycles. The lowest BCUT2D eigenvalue weighted by molar-refractivity contribution is -0.170. The van der Waals surface area contributed by atoms with Gasteiger partial charge < -0.3 is 14.9 Å². The summed E-state index contributed by atoms with van der Waals surface area (Å²) in [7, 11) is 1.48. The molecule has 8 nitrogen and oxygen atoms in total. The third-order valence-corrected chi connectivity index (χ3v) is 6.11. The van der Waals surface area contributed by atoms with E-state index in [1.54, 1.807) is 10.3 Å². The van der Waals surface area contributed by atoms with Gasteiger partial charge >= 0.3 is 6.03 Å². The number of ether oxygens (including phenoxy) is 1. The van der Waals surface area contributed by atoms with Crippen molar-refractivity contribution in [3.63, 3.8) is 0 Å². The Bertz CT molecular complexity index is 844. The van der Waals surface area contributed by atoms with Gasteiger partial charge in [0.2, 0.25) is 6.41 Å². The fraction of sp³-hybridized carbons (Fsp3) is 0.444. The molecule has 2 aromatic rings. The Balaban J connectivity index is 1.58. The molecule has 27 heavy (non-hydrogen) atoms. The highest BCUT2D eigenvalue weighted by molar-refractivity contribution is 7.13. The van der Waals surface area contributed by atoms with E-state index < -0.39 is 6.41 Å². The van der Waals surface area contributed by atoms with Crippen LogP contribution in [0.1, 0.15) is 17.7 Å². The van der Waals surface area contributed by atoms with Crippen molar-refractivity contribution in [3.8, 4) is 0 Å². The molecule has 2 aliphatic heterocycles. The van der Waals surface area contributed by atoms with Crippen molar-refractivity contribution < 1.29 is 19.7 Å². The van der Waals surface area contributed by atoms with Crippen molar-refractivity contribution in [2.75, 3.05) is 37.0 Å². The first-order chi connectivity index (χ1) is 13.1. The van der Waals surface area contributed by atoms with Crippen molar-refractivity contribution in [3.05, 3.63) is 40.9 Å². The number of para-hydroxylation sites is 1. The van der Waals surface area contributed by atoms with E-state index in [1.807, 2.05) is 23.1 Å². The lowest BCUT2D eigenvalue weighted by atomic mass is 9.82. The Hall–Kier alpha value is -2.04. The van der Waals surface area contributed by atoms with E-state index in [0.717, 1.165) is 17.7 Å². The molecule has 144 valence electrons. The topological polar surface area (TPSA) is 98.2 Å². The Morgan fingerprint density at radius 1 is 1.44 bits per heavy atom. The van der Waals surface area contributed by atoms with Crippen LogP contribution in [0, 0.1) is 0 Å². The third kappa shape index (κ3) is 3.21. The minimum Gasteiger partial charge on any atom is -0.390 e. The zero-order valence-electron chi connectivity index (χ0n) is 15.0. The van der Waals surface area contributed by atoms with Crippen LogP contribution in [-0.2, 0) is 16.8 Å². The number of likely N-dealkylation sites (tertiary alicyclic amines) is 1. The number of nitrogens with zero attached hydrogens (tertiary/aromatic N) is 3. The molecule has 3 N–H and O–H groups in total. The average Bonchev–Trinajstić information content (AvgIpc) is 3.40. The first kappa shape index (κ1) is 18.3. The number of rotatable bonds is 4. The molecule has 0 saturated carbocycles. The number of aliphatic hydroxyl groups is 2. The predicted octanol–water partition coefficient (Wildman–Crippen LogP) is 1.55. The van der Waals surface area contributed by atoms with E-state index in [2.05, 4.69) is 16.4 Å². The summed E-state index contributed by atoms with van der Waals surface area (Å²) in [6.07, 6.45) is -0.105. The number of anilines is 2. The number of fused-ring (bicyclic) bond motifs is 2. The average molecular weight is 390 g/mol. The number of thiazole rings is 1. The van der Waals surface area contributed by atoms with E-state index in [4.69, 9.17) is 9.84 Å². The number of methoxy groups -OCH3 is 1. The number of carbonyl (C=O) groups excluding carboxylic acids is 1. The van der Waals surface area contributed by atoms with E-state index in [9.17, 15) is 9.90 Å². The molecule has 0 radical (unpaired) electrons. The molecule has 2 amide bonds. The predicted molar refractivity (Wildman–Crippen MR) is 102 cm³/mol. The summed E-state index contributed by atoms with van der Waals surface area (Å²) < 4.78 is 5.05. The van der Waals surface area contributed by atoms with Gasteiger partial charge in [-0.1, -0.05) is 18.2 Å². The zero-order valence-corrected chi connectivity index (χ0v) is 15.8. The minimum atomic E-state index is -0.938. The van der Waals surface area contributed by atoms with Gasteiger partial charge in [0.05, 0.1) is 12.3 Å². The lowest BCUT2D eigenvalue weighted by Gasteiger charge is -2.27. The molecule has 1 aromatic carbocycles. The fourth-order valence-electron chi connectivity index (χ4n) is 4.00. The van der Waals surface area contributed by atoms with Gasteiger partial charge in [0, 0.05) is 43.2 Å². The van der Waals surface area contributed by atoms with Gasteiger partial charge in [0.15, 0.2) is 5.13 Å². The van der Waals surface area contributed by atoms with Crippen LogP contribution in [0.4, 0.5) is 15.6 Å². The highest BCUT2D eigenvalue weighted by Crippen LogP contribution is 2.46. The summed E-state index contributed by atoms with van der Waals surface area (Å²) in [5.74, 6) is 0. The normalized spacial score (nSPS) is 23.0. The Labute approximate surface area is 161 Å². The molecule has 2 unspecified atom stereocenters. The summed E-state index contributed by atoms with van der Waals surface area (Å²) in [6, 6.07) is 7.65. The maximum atomic E-state index is 12.9. The molecule has 2 aliphatic rings. The van der Waals surface area contributed by atoms with Gasteiger partial charge in [-0.2, -0.15) is 0 Å². The molecule has 2 atom stereocenters. The first-order valence-corrected chi connectivity index (χ1v) is 9.62. The fourth-order valence-corrected chi connectivity index (χ4v) is 4.69. The number of urea groups is 1. The second-order valence-electron chi connectivity index (χ2n) is 6.90. The number of hydrogen-bond donors (Lipinski definition) is 3. The summed E-state index contributed by atoms with van der Waals surface area (Å²) in [4.78, 5) is 20.7. The molecule has 4 rings (SSSR count). The molecular weight excluding hydrogens is 368 g/mol. The number of nitrogens with one attached hydrogen (secondary N) is 1. The second-order valence-corrected chi connectivity index (χ2v) is 7.76. The summed E-state index contributed by atoms with van der Waals surface area (Å²) in [5, 5.41) is 24.2. The van der Waals surface area contributed by atoms with Crippen LogP contribution in [-0.4, -0.2) is 59.3 Å². The highest BCUT2D eigenvalue weighted by atomic mass is 32.1. The monoisotopic (exact) mass is 390 g/mol. The van der Waals surface area contributed by atoms with Gasteiger partial charge in [0.1, 0.15) is 0 Å². The van der Waals surface area contributed by atoms with E-state index >= 15 is 0 Å². The number of aliphatic hydroxyl groups excluding tert-OH is 2. The van der Waals surface area contributed by atoms with E-state index in [0.29, 0.717) is 30.5 Å². The Morgan fingerprint density at radius 3 is 3.00 bits per heavy atom. The molecule has 0 aliphatic carbocycles. The largest absolute Gasteiger partial charge is 0.390 e. The molecular formula is C18H22N4O4S. The number of benzene rings is 1. The molecule has 1 spiro atoms. The van der Waals surface area contributed by atoms with Crippen LogP contribution in [0.5, 0.6) is 0 Å². The van der Waals surface area contributed by atoms with Crippen molar-refractivity contribution >= 4 is 28.2 Å². The smallest absolute Gasteiger partial charge is 0.328 e. The van der Waals surface area contributed by atoms with Crippen LogP contribution in [0.3, 0.4) is 0 Å². The summed E-state index contributed by atoms with van der Waals surface area (Å²) in [6.45, 7) is 1.70. The molecule has 1 aromatic heterocycles. The lowest BCUT2D eigenvalue weighted by Crippen LogP contribution is -2.42. The van der Waals surface area contributed by atoms with Gasteiger partial charge in [0.25, 0.3) is 0 Å². The maximum Gasteiger partial charge on any atom is 0.328 e. The summed E-state index contributed by atoms with van der Waals surface area (Å²) >= 11 is 1.29. The van der Waals surface area contributed by atoms with Crippen LogP contribution in [0.25, 0.3) is 0 Å². The quantitative estimate of drug-likeness (QED) is 0.686. The summed E-state index contributed by atoms with van der Waals surface area (Å²) in [5.41, 5.74) is 2.30. The molecule has 0 bridgehead atoms. The van der Waals surface area contributed by atoms with Crippen molar-refractivity contribution in [2.45, 2.75) is 24.9 Å². The van der Waals surface area contributed by atoms with Gasteiger partial charge in [-0.3, -0.25) is 15.1 Å². The highest BCUT2D eigenvalue weighted by Gasteiger charge is 2.49. The number of carbonyl (C=O) groups is 1. The van der Waals surface area contributed by atoms with Crippen molar-refractivity contribution in [1.29, 1.82) is 0 Å². The van der Waals surface area contributed by atoms with Crippen molar-refractivity contribution in [2.24, 2.45) is 0 Å². The maximum absolute atomic E-state index is 12.9. The van der Waals surface area contributed by atoms with Gasteiger partial charge in [-0.25, -0.2) is 9.78 Å². The van der Waals surface area contributed by atoms with Crippen LogP contribution >= 0.6 is 11.3 Å². The number of aromatic nitrogens is 1. The van der Waals surface area contributed by atoms with Crippen molar-refractivity contribution in [1.82, 2.24) is 9.88 Å². The third-order valence-electron chi connectivity index (χ3n) is 5.31. The SMILES string of the molecule is COC(O)N1CCC2(CN(C(=O)Nc3nc(CO)cs3)c3ccccc32)C1. The number of hydrogen-bond acceptors (Lipinski definition) is 7. The Kier molecular flexibility index (Phi) is 4.87. The van der Waals surface area contributed by atoms with E-state index in [1.165, 1.54) is 18.4 Å². The molecule has 9 heteroatoms. The molecule has 1 fully saturated rings. The first-order valence-electron chi connectivity index (χ1n) is 8.74. The van der Waals surface area contributed by atoms with Crippen LogP contribution in [0.15, 0.2) is 29.6 Å². The van der Waals surface area contributed by atoms with Crippen LogP contribution in [0.2, 0.25) is 0 Å². The minimum absolute atomic E-state index is 0.153. The van der Waals surface area contributed by atoms with Crippen LogP contribution < -0.4 is 10.2 Å². The standard InChI is InChI=1S/C18H22N4O4S/c1-26-17(25)21-7-6-18(10-21)11-22(14-5-3-2-4-13(14)18)16(24)20-15-19-12(8-23)9-27-15/h2-5,9,17,23,25H,6-8,10-11H2,1H3,(H,19,20,24).